The maximum Gasteiger partial charge on any atom is 0.309 e. The van der Waals surface area contributed by atoms with Crippen molar-refractivity contribution in [2.24, 2.45) is 11.3 Å². The van der Waals surface area contributed by atoms with E-state index in [1.54, 1.807) is 0 Å². The summed E-state index contributed by atoms with van der Waals surface area (Å²) >= 11 is 0. The van der Waals surface area contributed by atoms with Crippen LogP contribution in [0.1, 0.15) is 24.8 Å². The molecule has 1 unspecified atom stereocenters. The summed E-state index contributed by atoms with van der Waals surface area (Å²) in [5.41, 5.74) is 1.46. The first-order chi connectivity index (χ1) is 9.27. The molecule has 0 aliphatic heterocycles. The fourth-order valence-electron chi connectivity index (χ4n) is 2.98. The predicted octanol–water partition coefficient (Wildman–Crippen LogP) is 3.68. The molecular weight excluding hydrogens is 236 g/mol. The SMILES string of the molecule is O=C(OCc1ccc2ccccc2c1)C1CC12CC2. The van der Waals surface area contributed by atoms with Crippen molar-refractivity contribution in [2.45, 2.75) is 25.9 Å². The van der Waals surface area contributed by atoms with Crippen LogP contribution in [0.3, 0.4) is 0 Å². The molecule has 4 rings (SSSR count). The molecule has 0 radical (unpaired) electrons. The van der Waals surface area contributed by atoms with Gasteiger partial charge in [-0.3, -0.25) is 4.79 Å². The standard InChI is InChI=1S/C17H16O2/c18-16(15-10-17(15)7-8-17)19-11-12-5-6-13-3-1-2-4-14(13)9-12/h1-6,9,15H,7-8,10-11H2. The fraction of sp³-hybridized carbons (Fsp3) is 0.353. The van der Waals surface area contributed by atoms with Gasteiger partial charge in [-0.05, 0) is 47.1 Å². The van der Waals surface area contributed by atoms with E-state index in [-0.39, 0.29) is 11.9 Å². The highest BCUT2D eigenvalue weighted by atomic mass is 16.5. The molecule has 0 aromatic heterocycles. The lowest BCUT2D eigenvalue weighted by atomic mass is 10.1. The molecule has 2 aliphatic carbocycles. The first kappa shape index (κ1) is 11.0. The number of hydrogen-bond acceptors (Lipinski definition) is 2. The Balaban J connectivity index is 1.44. The van der Waals surface area contributed by atoms with Gasteiger partial charge in [-0.25, -0.2) is 0 Å². The van der Waals surface area contributed by atoms with Gasteiger partial charge in [0, 0.05) is 0 Å². The average Bonchev–Trinajstić information content (AvgIpc) is 3.36. The lowest BCUT2D eigenvalue weighted by Crippen LogP contribution is -2.08. The topological polar surface area (TPSA) is 26.3 Å². The Labute approximate surface area is 112 Å². The first-order valence-electron chi connectivity index (χ1n) is 6.91. The second-order valence-electron chi connectivity index (χ2n) is 5.91. The Bertz CT molecular complexity index is 655. The molecule has 2 nitrogen and oxygen atoms in total. The normalized spacial score (nSPS) is 22.4. The average molecular weight is 252 g/mol. The second kappa shape index (κ2) is 3.83. The summed E-state index contributed by atoms with van der Waals surface area (Å²) in [6.45, 7) is 0.399. The lowest BCUT2D eigenvalue weighted by Gasteiger charge is -2.06. The summed E-state index contributed by atoms with van der Waals surface area (Å²) in [7, 11) is 0. The summed E-state index contributed by atoms with van der Waals surface area (Å²) in [5, 5.41) is 2.41. The fourth-order valence-corrected chi connectivity index (χ4v) is 2.98. The number of hydrogen-bond donors (Lipinski definition) is 0. The zero-order chi connectivity index (χ0) is 12.9. The van der Waals surface area contributed by atoms with Crippen LogP contribution in [0.5, 0.6) is 0 Å². The number of benzene rings is 2. The van der Waals surface area contributed by atoms with Gasteiger partial charge in [-0.2, -0.15) is 0 Å². The number of fused-ring (bicyclic) bond motifs is 1. The predicted molar refractivity (Wildman–Crippen MR) is 73.5 cm³/mol. The zero-order valence-corrected chi connectivity index (χ0v) is 10.8. The van der Waals surface area contributed by atoms with Crippen molar-refractivity contribution in [2.75, 3.05) is 0 Å². The molecule has 0 amide bonds. The third-order valence-electron chi connectivity index (χ3n) is 4.56. The molecule has 1 spiro atoms. The molecule has 2 aliphatic rings. The molecule has 96 valence electrons. The van der Waals surface area contributed by atoms with E-state index in [4.69, 9.17) is 4.74 Å². The van der Waals surface area contributed by atoms with Crippen LogP contribution < -0.4 is 0 Å². The van der Waals surface area contributed by atoms with Gasteiger partial charge in [0.25, 0.3) is 0 Å². The molecule has 2 fully saturated rings. The largest absolute Gasteiger partial charge is 0.461 e. The third-order valence-corrected chi connectivity index (χ3v) is 4.56. The van der Waals surface area contributed by atoms with Crippen molar-refractivity contribution in [3.8, 4) is 0 Å². The minimum Gasteiger partial charge on any atom is -0.461 e. The quantitative estimate of drug-likeness (QED) is 0.779. The van der Waals surface area contributed by atoms with Crippen LogP contribution in [0.15, 0.2) is 42.5 Å². The summed E-state index contributed by atoms with van der Waals surface area (Å²) in [4.78, 5) is 11.9. The van der Waals surface area contributed by atoms with Crippen molar-refractivity contribution in [1.82, 2.24) is 0 Å². The third kappa shape index (κ3) is 1.92. The number of ether oxygens (including phenoxy) is 1. The summed E-state index contributed by atoms with van der Waals surface area (Å²) in [6.07, 6.45) is 3.51. The van der Waals surface area contributed by atoms with Gasteiger partial charge in [0.05, 0.1) is 5.92 Å². The van der Waals surface area contributed by atoms with Crippen molar-refractivity contribution >= 4 is 16.7 Å². The van der Waals surface area contributed by atoms with E-state index < -0.39 is 0 Å². The lowest BCUT2D eigenvalue weighted by molar-refractivity contribution is -0.147. The van der Waals surface area contributed by atoms with Gasteiger partial charge >= 0.3 is 5.97 Å². The van der Waals surface area contributed by atoms with Crippen LogP contribution >= 0.6 is 0 Å². The second-order valence-corrected chi connectivity index (χ2v) is 5.91. The highest BCUT2D eigenvalue weighted by Crippen LogP contribution is 2.70. The monoisotopic (exact) mass is 252 g/mol. The smallest absolute Gasteiger partial charge is 0.309 e. The number of rotatable bonds is 3. The molecule has 1 atom stereocenters. The summed E-state index contributed by atoms with van der Waals surface area (Å²) in [6, 6.07) is 14.5. The molecule has 0 N–H and O–H groups in total. The van der Waals surface area contributed by atoms with Gasteiger partial charge in [0.2, 0.25) is 0 Å². The van der Waals surface area contributed by atoms with Crippen LogP contribution in [0.2, 0.25) is 0 Å². The maximum absolute atomic E-state index is 11.9. The van der Waals surface area contributed by atoms with E-state index in [9.17, 15) is 4.79 Å². The van der Waals surface area contributed by atoms with Crippen molar-refractivity contribution < 1.29 is 9.53 Å². The van der Waals surface area contributed by atoms with Crippen LogP contribution in [0.4, 0.5) is 0 Å². The molecule has 2 saturated carbocycles. The molecular formula is C17H16O2. The van der Waals surface area contributed by atoms with Crippen molar-refractivity contribution in [1.29, 1.82) is 0 Å². The van der Waals surface area contributed by atoms with Crippen molar-refractivity contribution in [3.63, 3.8) is 0 Å². The molecule has 19 heavy (non-hydrogen) atoms. The van der Waals surface area contributed by atoms with E-state index in [2.05, 4.69) is 24.3 Å². The van der Waals surface area contributed by atoms with Crippen molar-refractivity contribution in [3.05, 3.63) is 48.0 Å². The Morgan fingerprint density at radius 2 is 1.95 bits per heavy atom. The Hall–Kier alpha value is -1.83. The first-order valence-corrected chi connectivity index (χ1v) is 6.91. The van der Waals surface area contributed by atoms with Gasteiger partial charge < -0.3 is 4.74 Å². The van der Waals surface area contributed by atoms with Gasteiger partial charge in [0.1, 0.15) is 6.61 Å². The van der Waals surface area contributed by atoms with E-state index in [1.807, 2.05) is 18.2 Å². The zero-order valence-electron chi connectivity index (χ0n) is 10.8. The van der Waals surface area contributed by atoms with E-state index in [0.717, 1.165) is 12.0 Å². The molecule has 0 bridgehead atoms. The minimum absolute atomic E-state index is 0.00524. The molecule has 2 heteroatoms. The number of carbonyl (C=O) groups excluding carboxylic acids is 1. The minimum atomic E-state index is 0.00524. The van der Waals surface area contributed by atoms with Gasteiger partial charge in [-0.1, -0.05) is 36.4 Å². The van der Waals surface area contributed by atoms with Crippen LogP contribution in [0.25, 0.3) is 10.8 Å². The molecule has 2 aromatic rings. The molecule has 0 heterocycles. The van der Waals surface area contributed by atoms with E-state index in [1.165, 1.54) is 23.6 Å². The van der Waals surface area contributed by atoms with Crippen LogP contribution in [-0.4, -0.2) is 5.97 Å². The highest BCUT2D eigenvalue weighted by Gasteiger charge is 2.66. The van der Waals surface area contributed by atoms with E-state index >= 15 is 0 Å². The molecule has 0 saturated heterocycles. The maximum atomic E-state index is 11.9. The summed E-state index contributed by atoms with van der Waals surface area (Å²) < 4.78 is 5.44. The Morgan fingerprint density at radius 3 is 2.68 bits per heavy atom. The molecule has 2 aromatic carbocycles. The van der Waals surface area contributed by atoms with Gasteiger partial charge in [-0.15, -0.1) is 0 Å². The highest BCUT2D eigenvalue weighted by molar-refractivity contribution is 5.83. The van der Waals surface area contributed by atoms with Crippen LogP contribution in [-0.2, 0) is 16.1 Å². The number of esters is 1. The summed E-state index contributed by atoms with van der Waals surface area (Å²) in [5.74, 6) is 0.207. The van der Waals surface area contributed by atoms with Gasteiger partial charge in [0.15, 0.2) is 0 Å². The Morgan fingerprint density at radius 1 is 1.16 bits per heavy atom. The van der Waals surface area contributed by atoms with Crippen LogP contribution in [0, 0.1) is 11.3 Å². The number of carbonyl (C=O) groups is 1. The Kier molecular flexibility index (Phi) is 2.22. The van der Waals surface area contributed by atoms with E-state index in [0.29, 0.717) is 12.0 Å².